The van der Waals surface area contributed by atoms with Crippen molar-refractivity contribution in [1.82, 2.24) is 14.9 Å². The fourth-order valence-corrected chi connectivity index (χ4v) is 2.29. The van der Waals surface area contributed by atoms with Crippen molar-refractivity contribution in [2.75, 3.05) is 12.0 Å². The maximum absolute atomic E-state index is 12.0. The van der Waals surface area contributed by atoms with Gasteiger partial charge in [0.1, 0.15) is 11.6 Å². The number of carbonyl (C=O) groups is 1. The number of nitrogens with one attached hydrogen (secondary N) is 1. The summed E-state index contributed by atoms with van der Waals surface area (Å²) in [7, 11) is 0. The van der Waals surface area contributed by atoms with Gasteiger partial charge in [0.2, 0.25) is 5.91 Å². The Labute approximate surface area is 113 Å². The number of aryl methyl sites for hydroxylation is 1. The first kappa shape index (κ1) is 13.7. The van der Waals surface area contributed by atoms with E-state index in [4.69, 9.17) is 5.84 Å². The van der Waals surface area contributed by atoms with Crippen LogP contribution in [-0.4, -0.2) is 27.3 Å². The highest BCUT2D eigenvalue weighted by Gasteiger charge is 2.21. The van der Waals surface area contributed by atoms with E-state index >= 15 is 0 Å². The second kappa shape index (κ2) is 5.97. The van der Waals surface area contributed by atoms with Gasteiger partial charge in [0.05, 0.1) is 6.54 Å². The Morgan fingerprint density at radius 2 is 2.26 bits per heavy atom. The summed E-state index contributed by atoms with van der Waals surface area (Å²) in [5.74, 6) is 7.38. The molecule has 1 aliphatic heterocycles. The lowest BCUT2D eigenvalue weighted by molar-refractivity contribution is -0.131. The number of hydrogen-bond donors (Lipinski definition) is 2. The van der Waals surface area contributed by atoms with Crippen molar-refractivity contribution < 1.29 is 4.79 Å². The molecule has 3 N–H and O–H groups in total. The van der Waals surface area contributed by atoms with Crippen molar-refractivity contribution in [3.05, 3.63) is 17.6 Å². The third-order valence-electron chi connectivity index (χ3n) is 3.48. The highest BCUT2D eigenvalue weighted by Crippen LogP contribution is 2.19. The van der Waals surface area contributed by atoms with E-state index in [0.29, 0.717) is 30.5 Å². The molecule has 1 aromatic rings. The molecular weight excluding hydrogens is 242 g/mol. The summed E-state index contributed by atoms with van der Waals surface area (Å²) < 4.78 is 0. The molecule has 1 aliphatic rings. The quantitative estimate of drug-likeness (QED) is 0.632. The average molecular weight is 263 g/mol. The van der Waals surface area contributed by atoms with Crippen molar-refractivity contribution in [3.63, 3.8) is 0 Å². The SMILES string of the molecule is Cc1cc(NN)nc(CN2CCC(C)CCC2=O)n1. The Balaban J connectivity index is 2.11. The monoisotopic (exact) mass is 263 g/mol. The van der Waals surface area contributed by atoms with E-state index in [2.05, 4.69) is 22.3 Å². The second-order valence-electron chi connectivity index (χ2n) is 5.20. The van der Waals surface area contributed by atoms with E-state index in [1.807, 2.05) is 11.8 Å². The molecule has 1 amide bonds. The van der Waals surface area contributed by atoms with E-state index < -0.39 is 0 Å². The van der Waals surface area contributed by atoms with Crippen LogP contribution >= 0.6 is 0 Å². The Hall–Kier alpha value is -1.69. The van der Waals surface area contributed by atoms with E-state index in [1.165, 1.54) is 0 Å². The van der Waals surface area contributed by atoms with Crippen molar-refractivity contribution in [2.24, 2.45) is 11.8 Å². The molecule has 6 heteroatoms. The first-order valence-electron chi connectivity index (χ1n) is 6.67. The summed E-state index contributed by atoms with van der Waals surface area (Å²) in [5, 5.41) is 0. The van der Waals surface area contributed by atoms with Crippen LogP contribution in [0.3, 0.4) is 0 Å². The van der Waals surface area contributed by atoms with Crippen LogP contribution in [0.4, 0.5) is 5.82 Å². The van der Waals surface area contributed by atoms with Crippen molar-refractivity contribution in [1.29, 1.82) is 0 Å². The summed E-state index contributed by atoms with van der Waals surface area (Å²) in [6.07, 6.45) is 2.63. The smallest absolute Gasteiger partial charge is 0.222 e. The number of likely N-dealkylation sites (tertiary alicyclic amines) is 1. The van der Waals surface area contributed by atoms with Crippen molar-refractivity contribution >= 4 is 11.7 Å². The van der Waals surface area contributed by atoms with Crippen LogP contribution < -0.4 is 11.3 Å². The lowest BCUT2D eigenvalue weighted by Crippen LogP contribution is -2.30. The minimum atomic E-state index is 0.191. The Morgan fingerprint density at radius 3 is 3.00 bits per heavy atom. The zero-order valence-corrected chi connectivity index (χ0v) is 11.5. The summed E-state index contributed by atoms with van der Waals surface area (Å²) in [4.78, 5) is 22.5. The molecule has 19 heavy (non-hydrogen) atoms. The van der Waals surface area contributed by atoms with Gasteiger partial charge < -0.3 is 10.3 Å². The van der Waals surface area contributed by atoms with Gasteiger partial charge >= 0.3 is 0 Å². The number of hydrogen-bond acceptors (Lipinski definition) is 5. The summed E-state index contributed by atoms with van der Waals surface area (Å²) in [6.45, 7) is 5.32. The van der Waals surface area contributed by atoms with Crippen molar-refractivity contribution in [2.45, 2.75) is 39.7 Å². The zero-order chi connectivity index (χ0) is 13.8. The Morgan fingerprint density at radius 1 is 1.47 bits per heavy atom. The van der Waals surface area contributed by atoms with Crippen LogP contribution in [0.1, 0.15) is 37.7 Å². The number of carbonyl (C=O) groups excluding carboxylic acids is 1. The molecule has 0 aromatic carbocycles. The van der Waals surface area contributed by atoms with Crippen LogP contribution in [0, 0.1) is 12.8 Å². The molecular formula is C13H21N5O. The minimum absolute atomic E-state index is 0.191. The Bertz CT molecular complexity index is 462. The third-order valence-corrected chi connectivity index (χ3v) is 3.48. The Kier molecular flexibility index (Phi) is 4.31. The van der Waals surface area contributed by atoms with Gasteiger partial charge in [-0.2, -0.15) is 0 Å². The number of anilines is 1. The fraction of sp³-hybridized carbons (Fsp3) is 0.615. The molecule has 1 fully saturated rings. The number of nitrogens with two attached hydrogens (primary N) is 1. The summed E-state index contributed by atoms with van der Waals surface area (Å²) in [6, 6.07) is 1.77. The first-order valence-corrected chi connectivity index (χ1v) is 6.67. The van der Waals surface area contributed by atoms with Gasteiger partial charge in [-0.3, -0.25) is 4.79 Å². The summed E-state index contributed by atoms with van der Waals surface area (Å²) in [5.41, 5.74) is 3.36. The molecule has 104 valence electrons. The predicted octanol–water partition coefficient (Wildman–Crippen LogP) is 1.22. The summed E-state index contributed by atoms with van der Waals surface area (Å²) >= 11 is 0. The average Bonchev–Trinajstić information content (AvgIpc) is 2.53. The molecule has 0 aliphatic carbocycles. The molecule has 0 bridgehead atoms. The molecule has 0 saturated carbocycles. The molecule has 1 unspecified atom stereocenters. The van der Waals surface area contributed by atoms with Crippen LogP contribution in [0.15, 0.2) is 6.07 Å². The molecule has 0 spiro atoms. The molecule has 1 aromatic heterocycles. The van der Waals surface area contributed by atoms with Gasteiger partial charge in [0, 0.05) is 24.7 Å². The number of hydrazine groups is 1. The molecule has 0 radical (unpaired) electrons. The van der Waals surface area contributed by atoms with Crippen LogP contribution in [-0.2, 0) is 11.3 Å². The van der Waals surface area contributed by atoms with E-state index in [0.717, 1.165) is 25.1 Å². The highest BCUT2D eigenvalue weighted by atomic mass is 16.2. The molecule has 1 atom stereocenters. The molecule has 6 nitrogen and oxygen atoms in total. The van der Waals surface area contributed by atoms with E-state index in [1.54, 1.807) is 6.07 Å². The van der Waals surface area contributed by atoms with Gasteiger partial charge in [-0.05, 0) is 25.7 Å². The largest absolute Gasteiger partial charge is 0.335 e. The number of nitrogens with zero attached hydrogens (tertiary/aromatic N) is 3. The minimum Gasteiger partial charge on any atom is -0.335 e. The number of nitrogen functional groups attached to an aromatic ring is 1. The standard InChI is InChI=1S/C13H21N5O/c1-9-3-4-13(19)18(6-5-9)8-12-15-10(2)7-11(16-12)17-14/h7,9H,3-6,8,14H2,1-2H3,(H,15,16,17). The third kappa shape index (κ3) is 3.64. The van der Waals surface area contributed by atoms with Gasteiger partial charge in [-0.15, -0.1) is 0 Å². The highest BCUT2D eigenvalue weighted by molar-refractivity contribution is 5.76. The molecule has 2 rings (SSSR count). The maximum Gasteiger partial charge on any atom is 0.222 e. The number of amides is 1. The van der Waals surface area contributed by atoms with Gasteiger partial charge in [0.15, 0.2) is 0 Å². The van der Waals surface area contributed by atoms with Gasteiger partial charge in [-0.1, -0.05) is 6.92 Å². The predicted molar refractivity (Wildman–Crippen MR) is 73.0 cm³/mol. The molecule has 1 saturated heterocycles. The zero-order valence-electron chi connectivity index (χ0n) is 11.5. The fourth-order valence-electron chi connectivity index (χ4n) is 2.29. The maximum atomic E-state index is 12.0. The second-order valence-corrected chi connectivity index (χ2v) is 5.20. The number of aromatic nitrogens is 2. The van der Waals surface area contributed by atoms with Gasteiger partial charge in [-0.25, -0.2) is 15.8 Å². The van der Waals surface area contributed by atoms with E-state index in [-0.39, 0.29) is 5.91 Å². The van der Waals surface area contributed by atoms with Gasteiger partial charge in [0.25, 0.3) is 0 Å². The van der Waals surface area contributed by atoms with Crippen LogP contribution in [0.25, 0.3) is 0 Å². The normalized spacial score (nSPS) is 20.3. The lowest BCUT2D eigenvalue weighted by Gasteiger charge is -2.20. The topological polar surface area (TPSA) is 84.1 Å². The van der Waals surface area contributed by atoms with E-state index in [9.17, 15) is 4.79 Å². The van der Waals surface area contributed by atoms with Crippen molar-refractivity contribution in [3.8, 4) is 0 Å². The number of rotatable bonds is 3. The van der Waals surface area contributed by atoms with Crippen LogP contribution in [0.2, 0.25) is 0 Å². The first-order chi connectivity index (χ1) is 9.08. The lowest BCUT2D eigenvalue weighted by atomic mass is 10.0. The molecule has 2 heterocycles. The van der Waals surface area contributed by atoms with Crippen LogP contribution in [0.5, 0.6) is 0 Å².